The Balaban J connectivity index is 1.64. The summed E-state index contributed by atoms with van der Waals surface area (Å²) >= 11 is 5.90. The second-order valence-electron chi connectivity index (χ2n) is 7.10. The second-order valence-corrected chi connectivity index (χ2v) is 9.44. The maximum absolute atomic E-state index is 12.3. The zero-order valence-electron chi connectivity index (χ0n) is 17.2. The van der Waals surface area contributed by atoms with E-state index in [1.807, 2.05) is 25.1 Å². The van der Waals surface area contributed by atoms with Crippen LogP contribution in [0.1, 0.15) is 11.1 Å². The molecule has 0 saturated carbocycles. The third-order valence-corrected chi connectivity index (χ3v) is 5.83. The molecule has 0 heterocycles. The van der Waals surface area contributed by atoms with Gasteiger partial charge in [0.25, 0.3) is 5.91 Å². The number of benzene rings is 3. The summed E-state index contributed by atoms with van der Waals surface area (Å²) in [7, 11) is -3.51. The van der Waals surface area contributed by atoms with Crippen LogP contribution in [0.2, 0.25) is 5.02 Å². The van der Waals surface area contributed by atoms with Crippen molar-refractivity contribution < 1.29 is 17.9 Å². The Morgan fingerprint density at radius 1 is 1.03 bits per heavy atom. The van der Waals surface area contributed by atoms with Crippen molar-refractivity contribution >= 4 is 38.9 Å². The molecule has 3 aromatic carbocycles. The van der Waals surface area contributed by atoms with E-state index in [-0.39, 0.29) is 19.1 Å². The van der Waals surface area contributed by atoms with Crippen LogP contribution in [0.25, 0.3) is 0 Å². The Labute approximate surface area is 187 Å². The number of carbonyl (C=O) groups excluding carboxylic acids is 1. The molecule has 0 spiro atoms. The average Bonchev–Trinajstić information content (AvgIpc) is 2.71. The van der Waals surface area contributed by atoms with Crippen LogP contribution in [-0.2, 0) is 21.4 Å². The second kappa shape index (κ2) is 9.85. The van der Waals surface area contributed by atoms with Crippen molar-refractivity contribution in [2.75, 3.05) is 22.5 Å². The summed E-state index contributed by atoms with van der Waals surface area (Å²) in [6.07, 6.45) is 1.16. The summed E-state index contributed by atoms with van der Waals surface area (Å²) in [4.78, 5) is 12.1. The molecule has 0 radical (unpaired) electrons. The molecule has 0 atom stereocenters. The molecule has 0 aromatic heterocycles. The Morgan fingerprint density at radius 2 is 1.71 bits per heavy atom. The number of ether oxygens (including phenoxy) is 1. The number of sulfonamides is 1. The van der Waals surface area contributed by atoms with E-state index in [0.717, 1.165) is 17.4 Å². The van der Waals surface area contributed by atoms with Gasteiger partial charge in [0.2, 0.25) is 10.0 Å². The van der Waals surface area contributed by atoms with E-state index in [2.05, 4.69) is 5.32 Å². The predicted octanol–water partition coefficient (Wildman–Crippen LogP) is 4.63. The summed E-state index contributed by atoms with van der Waals surface area (Å²) in [5.41, 5.74) is 3.05. The molecule has 8 heteroatoms. The maximum Gasteiger partial charge on any atom is 0.262 e. The van der Waals surface area contributed by atoms with E-state index >= 15 is 0 Å². The highest BCUT2D eigenvalue weighted by Gasteiger charge is 2.18. The molecular formula is C23H23ClN2O4S. The number of hydrogen-bond acceptors (Lipinski definition) is 4. The van der Waals surface area contributed by atoms with Crippen LogP contribution >= 0.6 is 11.6 Å². The molecule has 162 valence electrons. The Kier molecular flexibility index (Phi) is 7.20. The molecule has 0 bridgehead atoms. The fourth-order valence-electron chi connectivity index (χ4n) is 2.93. The zero-order chi connectivity index (χ0) is 22.4. The number of anilines is 2. The molecule has 6 nitrogen and oxygen atoms in total. The van der Waals surface area contributed by atoms with E-state index in [1.54, 1.807) is 54.6 Å². The van der Waals surface area contributed by atoms with E-state index in [0.29, 0.717) is 22.1 Å². The van der Waals surface area contributed by atoms with Gasteiger partial charge in [0.15, 0.2) is 6.61 Å². The fraction of sp³-hybridized carbons (Fsp3) is 0.174. The van der Waals surface area contributed by atoms with Gasteiger partial charge in [-0.1, -0.05) is 35.9 Å². The molecule has 3 rings (SSSR count). The van der Waals surface area contributed by atoms with Gasteiger partial charge in [-0.25, -0.2) is 8.42 Å². The number of nitrogens with zero attached hydrogens (tertiary/aromatic N) is 1. The Morgan fingerprint density at radius 3 is 2.32 bits per heavy atom. The number of nitrogens with one attached hydrogen (secondary N) is 1. The van der Waals surface area contributed by atoms with Crippen molar-refractivity contribution in [3.8, 4) is 5.75 Å². The third-order valence-electron chi connectivity index (χ3n) is 4.44. The van der Waals surface area contributed by atoms with E-state index in [4.69, 9.17) is 16.3 Å². The summed E-state index contributed by atoms with van der Waals surface area (Å²) in [6.45, 7) is 1.96. The van der Waals surface area contributed by atoms with Gasteiger partial charge in [0, 0.05) is 10.7 Å². The topological polar surface area (TPSA) is 75.7 Å². The van der Waals surface area contributed by atoms with E-state index in [9.17, 15) is 13.2 Å². The highest BCUT2D eigenvalue weighted by molar-refractivity contribution is 7.92. The summed E-state index contributed by atoms with van der Waals surface area (Å²) < 4.78 is 31.5. The Hall–Kier alpha value is -3.03. The van der Waals surface area contributed by atoms with Gasteiger partial charge in [-0.15, -0.1) is 0 Å². The monoisotopic (exact) mass is 458 g/mol. The maximum atomic E-state index is 12.3. The first-order valence-electron chi connectivity index (χ1n) is 9.52. The number of amides is 1. The predicted molar refractivity (Wildman–Crippen MR) is 124 cm³/mol. The molecule has 3 aromatic rings. The van der Waals surface area contributed by atoms with Crippen LogP contribution in [-0.4, -0.2) is 27.2 Å². The molecule has 0 aliphatic rings. The summed E-state index contributed by atoms with van der Waals surface area (Å²) in [5.74, 6) is 0.179. The van der Waals surface area contributed by atoms with Gasteiger partial charge in [-0.2, -0.15) is 0 Å². The SMILES string of the molecule is Cc1cccc(NC(=O)COc2ccc(N(Cc3ccc(Cl)cc3)S(C)(=O)=O)cc2)c1. The van der Waals surface area contributed by atoms with Crippen molar-refractivity contribution in [2.45, 2.75) is 13.5 Å². The smallest absolute Gasteiger partial charge is 0.262 e. The largest absolute Gasteiger partial charge is 0.484 e. The standard InChI is InChI=1S/C23H23ClN2O4S/c1-17-4-3-5-20(14-17)25-23(27)16-30-22-12-10-21(11-13-22)26(31(2,28)29)15-18-6-8-19(24)9-7-18/h3-14H,15-16H2,1-2H3,(H,25,27). The van der Waals surface area contributed by atoms with Gasteiger partial charge in [-0.3, -0.25) is 9.10 Å². The minimum Gasteiger partial charge on any atom is -0.484 e. The van der Waals surface area contributed by atoms with Gasteiger partial charge >= 0.3 is 0 Å². The van der Waals surface area contributed by atoms with Gasteiger partial charge < -0.3 is 10.1 Å². The molecule has 1 N–H and O–H groups in total. The van der Waals surface area contributed by atoms with Crippen LogP contribution in [0.4, 0.5) is 11.4 Å². The molecule has 0 saturated heterocycles. The number of hydrogen-bond donors (Lipinski definition) is 1. The van der Waals surface area contributed by atoms with Crippen LogP contribution in [0.15, 0.2) is 72.8 Å². The molecular weight excluding hydrogens is 436 g/mol. The van der Waals surface area contributed by atoms with E-state index in [1.165, 1.54) is 4.31 Å². The molecule has 0 aliphatic heterocycles. The Bertz CT molecular complexity index is 1150. The lowest BCUT2D eigenvalue weighted by Gasteiger charge is -2.23. The minimum atomic E-state index is -3.51. The highest BCUT2D eigenvalue weighted by atomic mass is 35.5. The molecule has 0 fully saturated rings. The summed E-state index contributed by atoms with van der Waals surface area (Å²) in [6, 6.07) is 21.0. The van der Waals surface area contributed by atoms with Crippen molar-refractivity contribution in [2.24, 2.45) is 0 Å². The lowest BCUT2D eigenvalue weighted by atomic mass is 10.2. The van der Waals surface area contributed by atoms with Crippen LogP contribution in [0.3, 0.4) is 0 Å². The average molecular weight is 459 g/mol. The fourth-order valence-corrected chi connectivity index (χ4v) is 3.95. The van der Waals surface area contributed by atoms with Crippen molar-refractivity contribution in [1.29, 1.82) is 0 Å². The molecule has 1 amide bonds. The lowest BCUT2D eigenvalue weighted by molar-refractivity contribution is -0.118. The van der Waals surface area contributed by atoms with Gasteiger partial charge in [0.05, 0.1) is 18.5 Å². The van der Waals surface area contributed by atoms with Gasteiger partial charge in [0.1, 0.15) is 5.75 Å². The number of rotatable bonds is 8. The van der Waals surface area contributed by atoms with Gasteiger partial charge in [-0.05, 0) is 66.6 Å². The number of carbonyl (C=O) groups is 1. The number of aryl methyl sites for hydroxylation is 1. The molecule has 31 heavy (non-hydrogen) atoms. The minimum absolute atomic E-state index is 0.159. The normalized spacial score (nSPS) is 11.1. The molecule has 0 aliphatic carbocycles. The quantitative estimate of drug-likeness (QED) is 0.534. The van der Waals surface area contributed by atoms with Crippen LogP contribution in [0.5, 0.6) is 5.75 Å². The van der Waals surface area contributed by atoms with Crippen LogP contribution < -0.4 is 14.4 Å². The first-order valence-corrected chi connectivity index (χ1v) is 11.7. The van der Waals surface area contributed by atoms with E-state index < -0.39 is 10.0 Å². The third kappa shape index (κ3) is 6.73. The van der Waals surface area contributed by atoms with Crippen LogP contribution in [0, 0.1) is 6.92 Å². The van der Waals surface area contributed by atoms with Crippen molar-refractivity contribution in [1.82, 2.24) is 0 Å². The first kappa shape index (κ1) is 22.7. The number of halogens is 1. The summed E-state index contributed by atoms with van der Waals surface area (Å²) in [5, 5.41) is 3.36. The molecule has 0 unspecified atom stereocenters. The lowest BCUT2D eigenvalue weighted by Crippen LogP contribution is -2.29. The van der Waals surface area contributed by atoms with Crippen molar-refractivity contribution in [3.63, 3.8) is 0 Å². The highest BCUT2D eigenvalue weighted by Crippen LogP contribution is 2.24. The first-order chi connectivity index (χ1) is 14.7. The van der Waals surface area contributed by atoms with Crippen molar-refractivity contribution in [3.05, 3.63) is 88.9 Å². The zero-order valence-corrected chi connectivity index (χ0v) is 18.8.